The van der Waals surface area contributed by atoms with Crippen LogP contribution in [0.5, 0.6) is 0 Å². The van der Waals surface area contributed by atoms with Crippen molar-refractivity contribution in [1.82, 2.24) is 0 Å². The van der Waals surface area contributed by atoms with Gasteiger partial charge in [-0.25, -0.2) is 4.79 Å². The molecule has 0 saturated heterocycles. The van der Waals surface area contributed by atoms with Crippen molar-refractivity contribution in [2.45, 2.75) is 25.3 Å². The van der Waals surface area contributed by atoms with Crippen LogP contribution in [0.1, 0.15) is 19.3 Å². The fourth-order valence-electron chi connectivity index (χ4n) is 1.11. The molecule has 12 heavy (non-hydrogen) atoms. The average molecular weight is 167 g/mol. The molecule has 0 spiro atoms. The SMILES string of the molecule is COC(=O)C#CC(N)C1CCC1. The van der Waals surface area contributed by atoms with Gasteiger partial charge in [0.1, 0.15) is 0 Å². The van der Waals surface area contributed by atoms with E-state index in [0.29, 0.717) is 5.92 Å². The molecule has 3 nitrogen and oxygen atoms in total. The number of nitrogens with two attached hydrogens (primary N) is 1. The number of carbonyl (C=O) groups is 1. The minimum atomic E-state index is -0.509. The van der Waals surface area contributed by atoms with E-state index in [1.165, 1.54) is 13.5 Å². The van der Waals surface area contributed by atoms with Crippen LogP contribution < -0.4 is 5.73 Å². The van der Waals surface area contributed by atoms with Crippen LogP contribution in [-0.4, -0.2) is 19.1 Å². The second kappa shape index (κ2) is 4.13. The van der Waals surface area contributed by atoms with Crippen molar-refractivity contribution in [2.24, 2.45) is 11.7 Å². The van der Waals surface area contributed by atoms with Crippen LogP contribution in [0.15, 0.2) is 0 Å². The van der Waals surface area contributed by atoms with Crippen molar-refractivity contribution in [3.8, 4) is 11.8 Å². The molecule has 0 aromatic rings. The van der Waals surface area contributed by atoms with Crippen LogP contribution >= 0.6 is 0 Å². The summed E-state index contributed by atoms with van der Waals surface area (Å²) in [6.45, 7) is 0. The van der Waals surface area contributed by atoms with Gasteiger partial charge >= 0.3 is 5.97 Å². The van der Waals surface area contributed by atoms with Crippen molar-refractivity contribution in [3.63, 3.8) is 0 Å². The third-order valence-corrected chi connectivity index (χ3v) is 2.18. The fourth-order valence-corrected chi connectivity index (χ4v) is 1.11. The molecule has 0 aliphatic heterocycles. The molecule has 1 aliphatic rings. The van der Waals surface area contributed by atoms with Crippen molar-refractivity contribution in [1.29, 1.82) is 0 Å². The second-order valence-electron chi connectivity index (χ2n) is 2.98. The quantitative estimate of drug-likeness (QED) is 0.347. The summed E-state index contributed by atoms with van der Waals surface area (Å²) in [6, 6.07) is -0.155. The fraction of sp³-hybridized carbons (Fsp3) is 0.667. The van der Waals surface area contributed by atoms with E-state index in [4.69, 9.17) is 5.73 Å². The first kappa shape index (κ1) is 9.08. The summed E-state index contributed by atoms with van der Waals surface area (Å²) >= 11 is 0. The standard InChI is InChI=1S/C9H13NO2/c1-12-9(11)6-5-8(10)7-3-2-4-7/h7-8H,2-4,10H2,1H3. The summed E-state index contributed by atoms with van der Waals surface area (Å²) in [4.78, 5) is 10.6. The number of hydrogen-bond donors (Lipinski definition) is 1. The molecular weight excluding hydrogens is 154 g/mol. The van der Waals surface area contributed by atoms with Crippen molar-refractivity contribution < 1.29 is 9.53 Å². The zero-order chi connectivity index (χ0) is 8.97. The number of methoxy groups -OCH3 is 1. The molecule has 3 heteroatoms. The van der Waals surface area contributed by atoms with Gasteiger partial charge in [-0.2, -0.15) is 0 Å². The normalized spacial score (nSPS) is 18.5. The molecule has 0 aromatic heterocycles. The molecule has 1 aliphatic carbocycles. The van der Waals surface area contributed by atoms with Gasteiger partial charge in [0.15, 0.2) is 0 Å². The van der Waals surface area contributed by atoms with Crippen LogP contribution in [0, 0.1) is 17.8 Å². The molecule has 1 unspecified atom stereocenters. The van der Waals surface area contributed by atoms with E-state index in [1.54, 1.807) is 0 Å². The summed E-state index contributed by atoms with van der Waals surface area (Å²) in [7, 11) is 1.31. The van der Waals surface area contributed by atoms with Gasteiger partial charge in [0, 0.05) is 5.92 Å². The number of hydrogen-bond acceptors (Lipinski definition) is 3. The van der Waals surface area contributed by atoms with Gasteiger partial charge < -0.3 is 10.5 Å². The van der Waals surface area contributed by atoms with E-state index in [-0.39, 0.29) is 6.04 Å². The molecule has 0 radical (unpaired) electrons. The van der Waals surface area contributed by atoms with Gasteiger partial charge in [-0.15, -0.1) is 0 Å². The molecule has 1 fully saturated rings. The Kier molecular flexibility index (Phi) is 3.12. The number of ether oxygens (including phenoxy) is 1. The van der Waals surface area contributed by atoms with E-state index in [2.05, 4.69) is 16.6 Å². The first-order chi connectivity index (χ1) is 5.74. The molecule has 0 bridgehead atoms. The number of carbonyl (C=O) groups excluding carboxylic acids is 1. The molecule has 1 atom stereocenters. The maximum atomic E-state index is 10.6. The van der Waals surface area contributed by atoms with Gasteiger partial charge in [-0.3, -0.25) is 0 Å². The van der Waals surface area contributed by atoms with Gasteiger partial charge in [0.05, 0.1) is 13.2 Å². The van der Waals surface area contributed by atoms with Crippen molar-refractivity contribution in [3.05, 3.63) is 0 Å². The molecule has 0 amide bonds. The van der Waals surface area contributed by atoms with Crippen LogP contribution in [-0.2, 0) is 9.53 Å². The molecular formula is C9H13NO2. The lowest BCUT2D eigenvalue weighted by atomic mass is 9.80. The van der Waals surface area contributed by atoms with Crippen LogP contribution in [0.25, 0.3) is 0 Å². The van der Waals surface area contributed by atoms with Crippen LogP contribution in [0.4, 0.5) is 0 Å². The van der Waals surface area contributed by atoms with E-state index in [1.807, 2.05) is 0 Å². The smallest absolute Gasteiger partial charge is 0.384 e. The lowest BCUT2D eigenvalue weighted by Gasteiger charge is -2.27. The lowest BCUT2D eigenvalue weighted by Crippen LogP contribution is -2.33. The highest BCUT2D eigenvalue weighted by atomic mass is 16.5. The summed E-state index contributed by atoms with van der Waals surface area (Å²) < 4.78 is 4.36. The van der Waals surface area contributed by atoms with Crippen molar-refractivity contribution >= 4 is 5.97 Å². The summed E-state index contributed by atoms with van der Waals surface area (Å²) in [5.74, 6) is 5.01. The summed E-state index contributed by atoms with van der Waals surface area (Å²) in [5, 5.41) is 0. The van der Waals surface area contributed by atoms with Gasteiger partial charge in [0.2, 0.25) is 0 Å². The molecule has 2 N–H and O–H groups in total. The Balaban J connectivity index is 2.35. The minimum absolute atomic E-state index is 0.155. The Labute approximate surface area is 72.3 Å². The highest BCUT2D eigenvalue weighted by Gasteiger charge is 2.22. The predicted octanol–water partition coefficient (Wildman–Crippen LogP) is 0.290. The highest BCUT2D eigenvalue weighted by molar-refractivity contribution is 5.88. The Morgan fingerprint density at radius 1 is 1.67 bits per heavy atom. The third-order valence-electron chi connectivity index (χ3n) is 2.18. The topological polar surface area (TPSA) is 52.3 Å². The van der Waals surface area contributed by atoms with Crippen LogP contribution in [0.3, 0.4) is 0 Å². The third kappa shape index (κ3) is 2.24. The molecule has 1 rings (SSSR count). The van der Waals surface area contributed by atoms with Crippen molar-refractivity contribution in [2.75, 3.05) is 7.11 Å². The number of rotatable bonds is 1. The molecule has 1 saturated carbocycles. The number of esters is 1. The monoisotopic (exact) mass is 167 g/mol. The zero-order valence-corrected chi connectivity index (χ0v) is 7.17. The van der Waals surface area contributed by atoms with Gasteiger partial charge in [-0.05, 0) is 18.8 Å². The van der Waals surface area contributed by atoms with E-state index in [0.717, 1.165) is 12.8 Å². The minimum Gasteiger partial charge on any atom is -0.459 e. The van der Waals surface area contributed by atoms with E-state index < -0.39 is 5.97 Å². The van der Waals surface area contributed by atoms with Crippen LogP contribution in [0.2, 0.25) is 0 Å². The Hall–Kier alpha value is -1.01. The molecule has 0 aromatic carbocycles. The first-order valence-electron chi connectivity index (χ1n) is 4.09. The maximum Gasteiger partial charge on any atom is 0.384 e. The van der Waals surface area contributed by atoms with Gasteiger partial charge in [0.25, 0.3) is 0 Å². The Bertz CT molecular complexity index is 222. The molecule has 0 heterocycles. The van der Waals surface area contributed by atoms with E-state index >= 15 is 0 Å². The highest BCUT2D eigenvalue weighted by Crippen LogP contribution is 2.28. The summed E-state index contributed by atoms with van der Waals surface area (Å²) in [6.07, 6.45) is 3.51. The zero-order valence-electron chi connectivity index (χ0n) is 7.17. The Morgan fingerprint density at radius 3 is 2.75 bits per heavy atom. The second-order valence-corrected chi connectivity index (χ2v) is 2.98. The Morgan fingerprint density at radius 2 is 2.33 bits per heavy atom. The van der Waals surface area contributed by atoms with Gasteiger partial charge in [-0.1, -0.05) is 12.3 Å². The first-order valence-corrected chi connectivity index (χ1v) is 4.09. The molecule has 66 valence electrons. The predicted molar refractivity (Wildman–Crippen MR) is 45.1 cm³/mol. The maximum absolute atomic E-state index is 10.6. The largest absolute Gasteiger partial charge is 0.459 e. The lowest BCUT2D eigenvalue weighted by molar-refractivity contribution is -0.133. The average Bonchev–Trinajstić information content (AvgIpc) is 1.97. The van der Waals surface area contributed by atoms with E-state index in [9.17, 15) is 4.79 Å². The summed E-state index contributed by atoms with van der Waals surface area (Å²) in [5.41, 5.74) is 5.70.